The molecule has 3 aromatic rings. The number of hydrogen-bond donors (Lipinski definition) is 1. The molecule has 2 aromatic carbocycles. The number of nitrogens with zero attached hydrogens (tertiary/aromatic N) is 1. The molecule has 0 fully saturated rings. The lowest BCUT2D eigenvalue weighted by atomic mass is 10.1. The van der Waals surface area contributed by atoms with Gasteiger partial charge in [0.25, 0.3) is 0 Å². The highest BCUT2D eigenvalue weighted by molar-refractivity contribution is 7.81. The number of thiocarbonyl (C=S) groups is 1. The first-order chi connectivity index (χ1) is 10.7. The van der Waals surface area contributed by atoms with Crippen molar-refractivity contribution in [1.29, 1.82) is 5.26 Å². The Kier molecular flexibility index (Phi) is 3.69. The Hall–Kier alpha value is -2.97. The van der Waals surface area contributed by atoms with Crippen molar-refractivity contribution in [1.82, 2.24) is 0 Å². The highest BCUT2D eigenvalue weighted by Crippen LogP contribution is 2.20. The molecule has 1 heterocycles. The van der Waals surface area contributed by atoms with Crippen molar-refractivity contribution in [3.05, 3.63) is 76.1 Å². The summed E-state index contributed by atoms with van der Waals surface area (Å²) in [6.07, 6.45) is 1.37. The van der Waals surface area contributed by atoms with Crippen LogP contribution in [0.4, 0.5) is 5.69 Å². The van der Waals surface area contributed by atoms with Crippen LogP contribution in [0.25, 0.3) is 11.0 Å². The van der Waals surface area contributed by atoms with Crippen molar-refractivity contribution in [2.24, 2.45) is 0 Å². The summed E-state index contributed by atoms with van der Waals surface area (Å²) in [5.74, 6) is 0. The molecule has 0 aliphatic rings. The normalized spacial score (nSPS) is 10.1. The molecule has 0 aliphatic carbocycles. The minimum Gasteiger partial charge on any atom is -0.464 e. The van der Waals surface area contributed by atoms with Gasteiger partial charge in [0, 0.05) is 11.6 Å². The number of rotatable bonds is 2. The van der Waals surface area contributed by atoms with Gasteiger partial charge in [-0.05, 0) is 24.3 Å². The van der Waals surface area contributed by atoms with Crippen molar-refractivity contribution in [3.8, 4) is 6.07 Å². The van der Waals surface area contributed by atoms with Crippen LogP contribution in [0.1, 0.15) is 11.1 Å². The largest absolute Gasteiger partial charge is 0.464 e. The Labute approximate surface area is 131 Å². The molecule has 0 bridgehead atoms. The summed E-state index contributed by atoms with van der Waals surface area (Å²) in [6.45, 7) is 0. The van der Waals surface area contributed by atoms with E-state index in [0.717, 1.165) is 5.56 Å². The highest BCUT2D eigenvalue weighted by atomic mass is 32.1. The molecule has 1 N–H and O–H groups in total. The number of nitriles is 1. The van der Waals surface area contributed by atoms with Crippen molar-refractivity contribution in [2.75, 3.05) is 5.32 Å². The summed E-state index contributed by atoms with van der Waals surface area (Å²) < 4.78 is 5.33. The number of nitrogens with one attached hydrogen (secondary N) is 1. The molecular weight excluding hydrogens is 296 g/mol. The lowest BCUT2D eigenvalue weighted by Crippen LogP contribution is -2.13. The molecule has 1 aromatic heterocycles. The van der Waals surface area contributed by atoms with E-state index < -0.39 is 0 Å². The average molecular weight is 306 g/mol. The van der Waals surface area contributed by atoms with Gasteiger partial charge in [-0.2, -0.15) is 5.26 Å². The first kappa shape index (κ1) is 14.0. The summed E-state index contributed by atoms with van der Waals surface area (Å²) in [5, 5.41) is 12.3. The average Bonchev–Trinajstić information content (AvgIpc) is 2.55. The fraction of sp³-hybridized carbons (Fsp3) is 0. The van der Waals surface area contributed by atoms with Gasteiger partial charge in [0.05, 0.1) is 29.0 Å². The quantitative estimate of drug-likeness (QED) is 0.735. The van der Waals surface area contributed by atoms with Crippen molar-refractivity contribution in [2.45, 2.75) is 0 Å². The van der Waals surface area contributed by atoms with E-state index in [1.165, 1.54) is 12.3 Å². The maximum atomic E-state index is 12.0. The van der Waals surface area contributed by atoms with Gasteiger partial charge < -0.3 is 9.73 Å². The third kappa shape index (κ3) is 2.60. The van der Waals surface area contributed by atoms with E-state index in [9.17, 15) is 4.79 Å². The topological polar surface area (TPSA) is 66.0 Å². The van der Waals surface area contributed by atoms with E-state index in [2.05, 4.69) is 11.4 Å². The zero-order chi connectivity index (χ0) is 15.5. The number of hydrogen-bond acceptors (Lipinski definition) is 4. The molecule has 0 saturated heterocycles. The van der Waals surface area contributed by atoms with Gasteiger partial charge in [0.15, 0.2) is 5.43 Å². The summed E-state index contributed by atoms with van der Waals surface area (Å²) in [4.78, 5) is 12.5. The van der Waals surface area contributed by atoms with E-state index in [-0.39, 0.29) is 5.43 Å². The third-order valence-electron chi connectivity index (χ3n) is 3.21. The fourth-order valence-electron chi connectivity index (χ4n) is 2.13. The first-order valence-electron chi connectivity index (χ1n) is 6.51. The van der Waals surface area contributed by atoms with E-state index >= 15 is 0 Å². The second kappa shape index (κ2) is 5.80. The van der Waals surface area contributed by atoms with Gasteiger partial charge in [-0.3, -0.25) is 4.79 Å². The minimum atomic E-state index is -0.132. The zero-order valence-corrected chi connectivity index (χ0v) is 12.2. The lowest BCUT2D eigenvalue weighted by molar-refractivity contribution is 0.603. The summed E-state index contributed by atoms with van der Waals surface area (Å²) in [5.41, 5.74) is 2.30. The Morgan fingerprint density at radius 3 is 2.64 bits per heavy atom. The Morgan fingerprint density at radius 1 is 1.14 bits per heavy atom. The van der Waals surface area contributed by atoms with Crippen LogP contribution in [0.2, 0.25) is 0 Å². The molecular formula is C17H10N2O2S. The molecule has 4 nitrogen and oxygen atoms in total. The predicted molar refractivity (Wildman–Crippen MR) is 89.0 cm³/mol. The van der Waals surface area contributed by atoms with Gasteiger partial charge in [0.1, 0.15) is 10.6 Å². The minimum absolute atomic E-state index is 0.132. The second-order valence-corrected chi connectivity index (χ2v) is 5.02. The summed E-state index contributed by atoms with van der Waals surface area (Å²) in [6, 6.07) is 15.6. The summed E-state index contributed by atoms with van der Waals surface area (Å²) >= 11 is 5.36. The van der Waals surface area contributed by atoms with Crippen molar-refractivity contribution < 1.29 is 4.42 Å². The second-order valence-electron chi connectivity index (χ2n) is 4.61. The van der Waals surface area contributed by atoms with Crippen LogP contribution >= 0.6 is 12.2 Å². The van der Waals surface area contributed by atoms with Gasteiger partial charge in [-0.1, -0.05) is 30.4 Å². The van der Waals surface area contributed by atoms with Crippen molar-refractivity contribution >= 4 is 33.9 Å². The van der Waals surface area contributed by atoms with E-state index in [4.69, 9.17) is 21.9 Å². The number of fused-ring (bicyclic) bond motifs is 1. The molecule has 22 heavy (non-hydrogen) atoms. The Bertz CT molecular complexity index is 948. The first-order valence-corrected chi connectivity index (χ1v) is 6.92. The molecule has 0 saturated carbocycles. The van der Waals surface area contributed by atoms with Gasteiger partial charge in [0.2, 0.25) is 0 Å². The Morgan fingerprint density at radius 2 is 1.91 bits per heavy atom. The van der Waals surface area contributed by atoms with Crippen molar-refractivity contribution in [3.63, 3.8) is 0 Å². The Balaban J connectivity index is 1.98. The predicted octanol–water partition coefficient (Wildman–Crippen LogP) is 3.45. The molecule has 0 spiro atoms. The van der Waals surface area contributed by atoms with Crippen LogP contribution < -0.4 is 10.7 Å². The monoisotopic (exact) mass is 306 g/mol. The smallest absolute Gasteiger partial charge is 0.194 e. The molecule has 5 heteroatoms. The van der Waals surface area contributed by atoms with Crippen LogP contribution in [0, 0.1) is 11.3 Å². The van der Waals surface area contributed by atoms with Crippen LogP contribution in [-0.2, 0) is 0 Å². The van der Waals surface area contributed by atoms with Gasteiger partial charge >= 0.3 is 0 Å². The lowest BCUT2D eigenvalue weighted by Gasteiger charge is -2.10. The molecule has 0 atom stereocenters. The SMILES string of the molecule is N#Cc1ccc(C(=S)Nc2cccc3occc(=O)c23)cc1. The maximum Gasteiger partial charge on any atom is 0.194 e. The summed E-state index contributed by atoms with van der Waals surface area (Å²) in [7, 11) is 0. The van der Waals surface area contributed by atoms with E-state index in [0.29, 0.717) is 27.2 Å². The standard InChI is InChI=1S/C17H10N2O2S/c18-10-11-4-6-12(7-5-11)17(22)19-13-2-1-3-15-16(13)14(20)8-9-21-15/h1-9H,(H,19,22). The van der Waals surface area contributed by atoms with Crippen LogP contribution in [0.15, 0.2) is 64.0 Å². The maximum absolute atomic E-state index is 12.0. The van der Waals surface area contributed by atoms with Crippen LogP contribution in [-0.4, -0.2) is 4.99 Å². The van der Waals surface area contributed by atoms with E-state index in [1.807, 2.05) is 0 Å². The third-order valence-corrected chi connectivity index (χ3v) is 3.55. The molecule has 0 amide bonds. The van der Waals surface area contributed by atoms with Crippen LogP contribution in [0.5, 0.6) is 0 Å². The molecule has 3 rings (SSSR count). The highest BCUT2D eigenvalue weighted by Gasteiger charge is 2.08. The molecule has 106 valence electrons. The molecule has 0 radical (unpaired) electrons. The van der Waals surface area contributed by atoms with Crippen LogP contribution in [0.3, 0.4) is 0 Å². The number of benzene rings is 2. The van der Waals surface area contributed by atoms with E-state index in [1.54, 1.807) is 42.5 Å². The number of anilines is 1. The van der Waals surface area contributed by atoms with Gasteiger partial charge in [-0.15, -0.1) is 0 Å². The fourth-order valence-corrected chi connectivity index (χ4v) is 2.38. The molecule has 0 unspecified atom stereocenters. The van der Waals surface area contributed by atoms with Gasteiger partial charge in [-0.25, -0.2) is 0 Å². The molecule has 0 aliphatic heterocycles. The zero-order valence-electron chi connectivity index (χ0n) is 11.4.